The van der Waals surface area contributed by atoms with Gasteiger partial charge in [-0.15, -0.1) is 0 Å². The smallest absolute Gasteiger partial charge is 0.119 e. The van der Waals surface area contributed by atoms with Crippen LogP contribution in [0.5, 0.6) is 11.5 Å². The monoisotopic (exact) mass is 264 g/mol. The van der Waals surface area contributed by atoms with Gasteiger partial charge in [-0.05, 0) is 37.3 Å². The zero-order chi connectivity index (χ0) is 14.3. The second kappa shape index (κ2) is 8.08. The van der Waals surface area contributed by atoms with Gasteiger partial charge >= 0.3 is 0 Å². The van der Waals surface area contributed by atoms with Crippen molar-refractivity contribution >= 4 is 0 Å². The summed E-state index contributed by atoms with van der Waals surface area (Å²) >= 11 is 0. The lowest BCUT2D eigenvalue weighted by atomic mass is 9.96. The first-order valence-electron chi connectivity index (χ1n) is 7.59. The second-order valence-corrected chi connectivity index (χ2v) is 5.76. The van der Waals surface area contributed by atoms with Crippen LogP contribution >= 0.6 is 0 Å². The Morgan fingerprint density at radius 3 is 2.05 bits per heavy atom. The molecule has 0 saturated heterocycles. The van der Waals surface area contributed by atoms with Crippen molar-refractivity contribution in [2.45, 2.75) is 65.7 Å². The van der Waals surface area contributed by atoms with Crippen LogP contribution in [0.4, 0.5) is 0 Å². The molecule has 0 unspecified atom stereocenters. The number of unbranched alkanes of at least 4 members (excludes halogenated alkanes) is 3. The summed E-state index contributed by atoms with van der Waals surface area (Å²) in [5.41, 5.74) is 1.84. The number of hydrogen-bond donors (Lipinski definition) is 2. The minimum Gasteiger partial charge on any atom is -0.508 e. The molecule has 0 aromatic heterocycles. The van der Waals surface area contributed by atoms with E-state index < -0.39 is 0 Å². The maximum Gasteiger partial charge on any atom is 0.119 e. The van der Waals surface area contributed by atoms with Crippen molar-refractivity contribution in [1.82, 2.24) is 0 Å². The van der Waals surface area contributed by atoms with Crippen molar-refractivity contribution in [1.29, 1.82) is 0 Å². The average Bonchev–Trinajstić information content (AvgIpc) is 2.37. The molecule has 2 N–H and O–H groups in total. The fraction of sp³-hybridized carbons (Fsp3) is 0.647. The van der Waals surface area contributed by atoms with Crippen LogP contribution in [0.25, 0.3) is 0 Å². The number of aromatic hydroxyl groups is 2. The minimum atomic E-state index is 0.315. The van der Waals surface area contributed by atoms with Crippen molar-refractivity contribution in [3.05, 3.63) is 23.3 Å². The fourth-order valence-corrected chi connectivity index (χ4v) is 2.55. The molecule has 0 bridgehead atoms. The first-order valence-corrected chi connectivity index (χ1v) is 7.59. The van der Waals surface area contributed by atoms with Gasteiger partial charge < -0.3 is 10.2 Å². The highest BCUT2D eigenvalue weighted by atomic mass is 16.3. The standard InChI is InChI=1S/C17H28O2/c1-4-14-15(17(19)12-11-16(14)18)10-8-6-5-7-9-13(2)3/h11-13,18-19H,4-10H2,1-3H3. The highest BCUT2D eigenvalue weighted by Gasteiger charge is 2.10. The highest BCUT2D eigenvalue weighted by Crippen LogP contribution is 2.30. The molecule has 0 fully saturated rings. The van der Waals surface area contributed by atoms with E-state index in [9.17, 15) is 10.2 Å². The third-order valence-electron chi connectivity index (χ3n) is 3.69. The highest BCUT2D eigenvalue weighted by molar-refractivity contribution is 5.47. The molecule has 0 saturated carbocycles. The molecule has 0 spiro atoms. The third-order valence-corrected chi connectivity index (χ3v) is 3.69. The Hall–Kier alpha value is -1.18. The predicted octanol–water partition coefficient (Wildman–Crippen LogP) is 4.81. The van der Waals surface area contributed by atoms with Gasteiger partial charge in [0.1, 0.15) is 11.5 Å². The average molecular weight is 264 g/mol. The molecule has 0 radical (unpaired) electrons. The molecule has 1 aromatic carbocycles. The predicted molar refractivity (Wildman–Crippen MR) is 80.8 cm³/mol. The first kappa shape index (κ1) is 15.9. The summed E-state index contributed by atoms with van der Waals surface area (Å²) < 4.78 is 0. The molecule has 1 rings (SSSR count). The third kappa shape index (κ3) is 5.14. The van der Waals surface area contributed by atoms with Gasteiger partial charge in [-0.2, -0.15) is 0 Å². The van der Waals surface area contributed by atoms with Crippen molar-refractivity contribution in [3.8, 4) is 11.5 Å². The minimum absolute atomic E-state index is 0.315. The molecule has 2 nitrogen and oxygen atoms in total. The molecule has 108 valence electrons. The van der Waals surface area contributed by atoms with Gasteiger partial charge in [0.2, 0.25) is 0 Å². The lowest BCUT2D eigenvalue weighted by Crippen LogP contribution is -1.95. The number of benzene rings is 1. The number of phenols is 2. The topological polar surface area (TPSA) is 40.5 Å². The molecular formula is C17H28O2. The SMILES string of the molecule is CCc1c(O)ccc(O)c1CCCCCCC(C)C. The van der Waals surface area contributed by atoms with Crippen LogP contribution in [0.15, 0.2) is 12.1 Å². The Morgan fingerprint density at radius 2 is 1.47 bits per heavy atom. The molecule has 0 amide bonds. The van der Waals surface area contributed by atoms with Gasteiger partial charge in [0, 0.05) is 11.1 Å². The number of phenolic OH excluding ortho intramolecular Hbond substituents is 2. The van der Waals surface area contributed by atoms with E-state index in [1.807, 2.05) is 6.92 Å². The van der Waals surface area contributed by atoms with Crippen LogP contribution < -0.4 is 0 Å². The molecular weight excluding hydrogens is 236 g/mol. The Morgan fingerprint density at radius 1 is 0.895 bits per heavy atom. The van der Waals surface area contributed by atoms with Crippen LogP contribution in [0.1, 0.15) is 64.0 Å². The van der Waals surface area contributed by atoms with E-state index in [1.165, 1.54) is 25.7 Å². The Kier molecular flexibility index (Phi) is 6.75. The zero-order valence-corrected chi connectivity index (χ0v) is 12.6. The Balaban J connectivity index is 2.43. The molecule has 19 heavy (non-hydrogen) atoms. The summed E-state index contributed by atoms with van der Waals surface area (Å²) in [5, 5.41) is 19.7. The van der Waals surface area contributed by atoms with Gasteiger partial charge in [0.25, 0.3) is 0 Å². The summed E-state index contributed by atoms with van der Waals surface area (Å²) in [7, 11) is 0. The van der Waals surface area contributed by atoms with Gasteiger partial charge in [0.05, 0.1) is 0 Å². The molecule has 0 atom stereocenters. The molecule has 0 aliphatic heterocycles. The van der Waals surface area contributed by atoms with Gasteiger partial charge in [-0.3, -0.25) is 0 Å². The van der Waals surface area contributed by atoms with E-state index in [1.54, 1.807) is 12.1 Å². The van der Waals surface area contributed by atoms with E-state index in [-0.39, 0.29) is 0 Å². The largest absolute Gasteiger partial charge is 0.508 e. The Labute approximate surface area is 117 Å². The van der Waals surface area contributed by atoms with Crippen LogP contribution in [-0.4, -0.2) is 10.2 Å². The van der Waals surface area contributed by atoms with Crippen LogP contribution in [0.2, 0.25) is 0 Å². The maximum atomic E-state index is 9.91. The fourth-order valence-electron chi connectivity index (χ4n) is 2.55. The lowest BCUT2D eigenvalue weighted by Gasteiger charge is -2.12. The van der Waals surface area contributed by atoms with Crippen molar-refractivity contribution in [2.75, 3.05) is 0 Å². The van der Waals surface area contributed by atoms with Gasteiger partial charge in [-0.25, -0.2) is 0 Å². The maximum absolute atomic E-state index is 9.91. The number of hydrogen-bond acceptors (Lipinski definition) is 2. The normalized spacial score (nSPS) is 11.2. The van der Waals surface area contributed by atoms with E-state index in [4.69, 9.17) is 0 Å². The zero-order valence-electron chi connectivity index (χ0n) is 12.6. The second-order valence-electron chi connectivity index (χ2n) is 5.76. The quantitative estimate of drug-likeness (QED) is 0.522. The van der Waals surface area contributed by atoms with Crippen LogP contribution in [0.3, 0.4) is 0 Å². The van der Waals surface area contributed by atoms with Gasteiger partial charge in [-0.1, -0.05) is 46.5 Å². The van der Waals surface area contributed by atoms with Crippen molar-refractivity contribution in [3.63, 3.8) is 0 Å². The molecule has 1 aromatic rings. The lowest BCUT2D eigenvalue weighted by molar-refractivity contribution is 0.446. The summed E-state index contributed by atoms with van der Waals surface area (Å²) in [5.74, 6) is 1.44. The van der Waals surface area contributed by atoms with E-state index >= 15 is 0 Å². The van der Waals surface area contributed by atoms with E-state index in [0.29, 0.717) is 11.5 Å². The molecule has 0 aliphatic rings. The van der Waals surface area contributed by atoms with Gasteiger partial charge in [0.15, 0.2) is 0 Å². The first-order chi connectivity index (χ1) is 9.06. The molecule has 0 heterocycles. The summed E-state index contributed by atoms with van der Waals surface area (Å²) in [6.45, 7) is 6.54. The van der Waals surface area contributed by atoms with E-state index in [2.05, 4.69) is 13.8 Å². The number of rotatable bonds is 8. The van der Waals surface area contributed by atoms with Crippen molar-refractivity contribution < 1.29 is 10.2 Å². The van der Waals surface area contributed by atoms with E-state index in [0.717, 1.165) is 36.3 Å². The molecule has 2 heteroatoms. The summed E-state index contributed by atoms with van der Waals surface area (Å²) in [6.07, 6.45) is 7.78. The molecule has 0 aliphatic carbocycles. The van der Waals surface area contributed by atoms with Crippen LogP contribution in [-0.2, 0) is 12.8 Å². The summed E-state index contributed by atoms with van der Waals surface area (Å²) in [4.78, 5) is 0. The Bertz CT molecular complexity index is 383. The van der Waals surface area contributed by atoms with Crippen LogP contribution in [0, 0.1) is 5.92 Å². The van der Waals surface area contributed by atoms with Crippen molar-refractivity contribution in [2.24, 2.45) is 5.92 Å². The summed E-state index contributed by atoms with van der Waals surface area (Å²) in [6, 6.07) is 3.18.